The first-order valence-corrected chi connectivity index (χ1v) is 11.3. The zero-order valence-electron chi connectivity index (χ0n) is 19.3. The SMILES string of the molecule is CC(C)c1cc2c(c(OCCC(C)c3cc(OC(F)(F)F)c4ncccc4c3)c1)NC(=O)CC2. The van der Waals surface area contributed by atoms with Crippen LogP contribution in [0.4, 0.5) is 18.9 Å². The Morgan fingerprint density at radius 1 is 1.06 bits per heavy atom. The molecule has 0 bridgehead atoms. The van der Waals surface area contributed by atoms with E-state index in [0.717, 1.165) is 11.1 Å². The summed E-state index contributed by atoms with van der Waals surface area (Å²) in [5, 5.41) is 3.50. The largest absolute Gasteiger partial charge is 0.573 e. The van der Waals surface area contributed by atoms with Gasteiger partial charge >= 0.3 is 6.36 Å². The number of aryl methyl sites for hydroxylation is 1. The van der Waals surface area contributed by atoms with Gasteiger partial charge in [-0.05, 0) is 65.6 Å². The Morgan fingerprint density at radius 3 is 2.56 bits per heavy atom. The summed E-state index contributed by atoms with van der Waals surface area (Å²) < 4.78 is 49.2. The Hall–Kier alpha value is -3.29. The topological polar surface area (TPSA) is 60.5 Å². The van der Waals surface area contributed by atoms with Crippen molar-refractivity contribution >= 4 is 22.5 Å². The van der Waals surface area contributed by atoms with E-state index in [1.165, 1.54) is 12.3 Å². The molecule has 0 spiro atoms. The molecule has 0 fully saturated rings. The molecule has 1 aliphatic heterocycles. The van der Waals surface area contributed by atoms with Crippen LogP contribution in [0.5, 0.6) is 11.5 Å². The summed E-state index contributed by atoms with van der Waals surface area (Å²) in [5.74, 6) is 0.492. The highest BCUT2D eigenvalue weighted by atomic mass is 19.4. The van der Waals surface area contributed by atoms with E-state index in [9.17, 15) is 18.0 Å². The van der Waals surface area contributed by atoms with Gasteiger partial charge in [0.1, 0.15) is 11.3 Å². The second-order valence-corrected chi connectivity index (χ2v) is 8.94. The molecule has 1 unspecified atom stereocenters. The van der Waals surface area contributed by atoms with Crippen molar-refractivity contribution in [3.63, 3.8) is 0 Å². The second kappa shape index (κ2) is 9.52. The number of nitrogens with one attached hydrogen (secondary N) is 1. The molecule has 2 heterocycles. The van der Waals surface area contributed by atoms with Crippen molar-refractivity contribution in [2.75, 3.05) is 11.9 Å². The molecule has 8 heteroatoms. The smallest absolute Gasteiger partial charge is 0.491 e. The van der Waals surface area contributed by atoms with Gasteiger partial charge in [-0.15, -0.1) is 13.2 Å². The molecule has 2 aromatic carbocycles. The predicted molar refractivity (Wildman–Crippen MR) is 124 cm³/mol. The van der Waals surface area contributed by atoms with Crippen LogP contribution < -0.4 is 14.8 Å². The normalized spacial score (nSPS) is 14.6. The third-order valence-electron chi connectivity index (χ3n) is 6.05. The van der Waals surface area contributed by atoms with E-state index < -0.39 is 6.36 Å². The van der Waals surface area contributed by atoms with Gasteiger partial charge in [-0.1, -0.05) is 32.9 Å². The van der Waals surface area contributed by atoms with Gasteiger partial charge in [-0.2, -0.15) is 0 Å². The number of nitrogens with zero attached hydrogens (tertiary/aromatic N) is 1. The number of carbonyl (C=O) groups is 1. The van der Waals surface area contributed by atoms with Crippen LogP contribution in [0, 0.1) is 0 Å². The van der Waals surface area contributed by atoms with Crippen molar-refractivity contribution in [2.24, 2.45) is 0 Å². The van der Waals surface area contributed by atoms with E-state index in [-0.39, 0.29) is 23.1 Å². The number of hydrogen-bond donors (Lipinski definition) is 1. The fourth-order valence-electron chi connectivity index (χ4n) is 4.11. The summed E-state index contributed by atoms with van der Waals surface area (Å²) in [6.45, 7) is 6.47. The van der Waals surface area contributed by atoms with Crippen molar-refractivity contribution in [2.45, 2.75) is 58.2 Å². The molecule has 34 heavy (non-hydrogen) atoms. The highest BCUT2D eigenvalue weighted by molar-refractivity contribution is 5.95. The molecule has 0 aliphatic carbocycles. The number of amides is 1. The van der Waals surface area contributed by atoms with Crippen molar-refractivity contribution in [3.8, 4) is 11.5 Å². The van der Waals surface area contributed by atoms with Gasteiger partial charge in [0.2, 0.25) is 5.91 Å². The minimum atomic E-state index is -4.81. The molecular weight excluding hydrogens is 445 g/mol. The minimum Gasteiger partial charge on any atom is -0.491 e. The van der Waals surface area contributed by atoms with Gasteiger partial charge in [-0.3, -0.25) is 9.78 Å². The fraction of sp³-hybridized carbons (Fsp3) is 0.385. The van der Waals surface area contributed by atoms with E-state index in [1.54, 1.807) is 12.1 Å². The number of rotatable bonds is 7. The van der Waals surface area contributed by atoms with Gasteiger partial charge in [0, 0.05) is 18.0 Å². The lowest BCUT2D eigenvalue weighted by Gasteiger charge is -2.23. The fourth-order valence-corrected chi connectivity index (χ4v) is 4.11. The van der Waals surface area contributed by atoms with Crippen LogP contribution in [0.1, 0.15) is 62.1 Å². The molecule has 1 aliphatic rings. The van der Waals surface area contributed by atoms with Gasteiger partial charge < -0.3 is 14.8 Å². The van der Waals surface area contributed by atoms with E-state index in [2.05, 4.69) is 35.0 Å². The Kier molecular flexibility index (Phi) is 6.68. The summed E-state index contributed by atoms with van der Waals surface area (Å²) in [6, 6.07) is 10.7. The number of benzene rings is 2. The highest BCUT2D eigenvalue weighted by Gasteiger charge is 2.32. The molecule has 5 nitrogen and oxygen atoms in total. The molecule has 4 rings (SSSR count). The number of carbonyl (C=O) groups excluding carboxylic acids is 1. The van der Waals surface area contributed by atoms with Crippen LogP contribution in [0.2, 0.25) is 0 Å². The van der Waals surface area contributed by atoms with E-state index in [4.69, 9.17) is 4.74 Å². The van der Waals surface area contributed by atoms with Gasteiger partial charge in [0.15, 0.2) is 5.75 Å². The minimum absolute atomic E-state index is 0.0371. The number of alkyl halides is 3. The summed E-state index contributed by atoms with van der Waals surface area (Å²) in [4.78, 5) is 16.0. The average Bonchev–Trinajstić information content (AvgIpc) is 2.77. The molecule has 0 saturated carbocycles. The molecule has 1 amide bonds. The van der Waals surface area contributed by atoms with Crippen LogP contribution in [-0.4, -0.2) is 23.9 Å². The summed E-state index contributed by atoms with van der Waals surface area (Å²) in [6.07, 6.45) is -1.69. The zero-order valence-corrected chi connectivity index (χ0v) is 19.3. The molecule has 1 N–H and O–H groups in total. The van der Waals surface area contributed by atoms with E-state index in [0.29, 0.717) is 54.2 Å². The number of aromatic nitrogens is 1. The quantitative estimate of drug-likeness (QED) is 0.415. The Labute approximate surface area is 196 Å². The van der Waals surface area contributed by atoms with Crippen molar-refractivity contribution in [1.29, 1.82) is 0 Å². The van der Waals surface area contributed by atoms with Gasteiger partial charge in [0.05, 0.1) is 12.3 Å². The third-order valence-corrected chi connectivity index (χ3v) is 6.05. The number of hydrogen-bond acceptors (Lipinski definition) is 4. The Balaban J connectivity index is 1.53. The molecule has 0 saturated heterocycles. The second-order valence-electron chi connectivity index (χ2n) is 8.94. The number of ether oxygens (including phenoxy) is 2. The predicted octanol–water partition coefficient (Wildman–Crippen LogP) is 6.71. The van der Waals surface area contributed by atoms with Crippen molar-refractivity contribution < 1.29 is 27.4 Å². The molecule has 1 aromatic heterocycles. The van der Waals surface area contributed by atoms with Gasteiger partial charge in [0.25, 0.3) is 0 Å². The maximum Gasteiger partial charge on any atom is 0.573 e. The monoisotopic (exact) mass is 472 g/mol. The maximum absolute atomic E-state index is 12.9. The van der Waals surface area contributed by atoms with Gasteiger partial charge in [-0.25, -0.2) is 0 Å². The Bertz CT molecular complexity index is 1210. The van der Waals surface area contributed by atoms with E-state index >= 15 is 0 Å². The molecular formula is C26H27F3N2O3. The van der Waals surface area contributed by atoms with Crippen LogP contribution in [0.15, 0.2) is 42.6 Å². The first-order valence-electron chi connectivity index (χ1n) is 11.3. The maximum atomic E-state index is 12.9. The zero-order chi connectivity index (χ0) is 24.5. The lowest BCUT2D eigenvalue weighted by molar-refractivity contribution is -0.274. The lowest BCUT2D eigenvalue weighted by Crippen LogP contribution is -2.20. The highest BCUT2D eigenvalue weighted by Crippen LogP contribution is 2.37. The lowest BCUT2D eigenvalue weighted by atomic mass is 9.94. The number of pyridine rings is 1. The summed E-state index contributed by atoms with van der Waals surface area (Å²) in [7, 11) is 0. The van der Waals surface area contributed by atoms with Crippen molar-refractivity contribution in [1.82, 2.24) is 4.98 Å². The Morgan fingerprint density at radius 2 is 1.82 bits per heavy atom. The molecule has 1 atom stereocenters. The number of fused-ring (bicyclic) bond motifs is 2. The number of halogens is 3. The standard InChI is InChI=1S/C26H27F3N2O3/c1-15(2)19-11-18-6-7-23(32)31-25(18)21(13-19)33-10-8-16(3)20-12-17-5-4-9-30-24(17)22(14-20)34-26(27,28)29/h4-5,9,11-16H,6-8,10H2,1-3H3,(H,31,32). The summed E-state index contributed by atoms with van der Waals surface area (Å²) >= 11 is 0. The molecule has 180 valence electrons. The van der Waals surface area contributed by atoms with Crippen LogP contribution in [-0.2, 0) is 11.2 Å². The third kappa shape index (κ3) is 5.43. The average molecular weight is 473 g/mol. The molecule has 0 radical (unpaired) electrons. The van der Waals surface area contributed by atoms with Crippen LogP contribution >= 0.6 is 0 Å². The van der Waals surface area contributed by atoms with Crippen molar-refractivity contribution in [3.05, 3.63) is 59.3 Å². The van der Waals surface area contributed by atoms with E-state index in [1.807, 2.05) is 19.1 Å². The first-order chi connectivity index (χ1) is 16.1. The first kappa shape index (κ1) is 23.9. The number of anilines is 1. The molecule has 3 aromatic rings. The van der Waals surface area contributed by atoms with Crippen LogP contribution in [0.25, 0.3) is 10.9 Å². The summed E-state index contributed by atoms with van der Waals surface area (Å²) in [5.41, 5.74) is 3.78. The van der Waals surface area contributed by atoms with Crippen LogP contribution in [0.3, 0.4) is 0 Å².